The third-order valence-electron chi connectivity index (χ3n) is 5.14. The molecule has 0 saturated heterocycles. The zero-order chi connectivity index (χ0) is 14.7. The topological polar surface area (TPSA) is 60.9 Å². The fourth-order valence-electron chi connectivity index (χ4n) is 3.93. The van der Waals surface area contributed by atoms with E-state index in [4.69, 9.17) is 5.73 Å². The molecule has 0 atom stereocenters. The first-order valence-corrected chi connectivity index (χ1v) is 8.49. The molecule has 2 saturated carbocycles. The normalized spacial score (nSPS) is 22.5. The van der Waals surface area contributed by atoms with Crippen molar-refractivity contribution in [2.75, 3.05) is 0 Å². The Hall–Kier alpha value is -1.16. The number of nitrogens with zero attached hydrogens (tertiary/aromatic N) is 2. The second-order valence-electron chi connectivity index (χ2n) is 7.04. The van der Waals surface area contributed by atoms with Crippen molar-refractivity contribution in [3.63, 3.8) is 0 Å². The Morgan fingerprint density at radius 3 is 2.67 bits per heavy atom. The van der Waals surface area contributed by atoms with Crippen LogP contribution in [0.2, 0.25) is 0 Å². The van der Waals surface area contributed by atoms with E-state index in [1.807, 2.05) is 12.3 Å². The van der Waals surface area contributed by atoms with Crippen molar-refractivity contribution < 1.29 is 4.79 Å². The van der Waals surface area contributed by atoms with Gasteiger partial charge in [0.05, 0.1) is 18.2 Å². The zero-order valence-electron chi connectivity index (χ0n) is 12.9. The predicted octanol–water partition coefficient (Wildman–Crippen LogP) is 3.16. The Balaban J connectivity index is 1.54. The zero-order valence-corrected chi connectivity index (χ0v) is 12.9. The van der Waals surface area contributed by atoms with Gasteiger partial charge in [-0.25, -0.2) is 0 Å². The predicted molar refractivity (Wildman–Crippen MR) is 83.1 cm³/mol. The lowest BCUT2D eigenvalue weighted by Gasteiger charge is -2.32. The lowest BCUT2D eigenvalue weighted by Crippen LogP contribution is -2.43. The lowest BCUT2D eigenvalue weighted by molar-refractivity contribution is -0.119. The summed E-state index contributed by atoms with van der Waals surface area (Å²) in [6.07, 6.45) is 13.6. The highest BCUT2D eigenvalue weighted by atomic mass is 16.1. The molecule has 21 heavy (non-hydrogen) atoms. The van der Waals surface area contributed by atoms with Crippen LogP contribution in [0.4, 0.5) is 0 Å². The van der Waals surface area contributed by atoms with Crippen molar-refractivity contribution >= 4 is 5.78 Å². The van der Waals surface area contributed by atoms with Gasteiger partial charge >= 0.3 is 0 Å². The highest BCUT2D eigenvalue weighted by Crippen LogP contribution is 2.30. The van der Waals surface area contributed by atoms with Gasteiger partial charge < -0.3 is 5.73 Å². The number of aromatic nitrogens is 2. The van der Waals surface area contributed by atoms with Gasteiger partial charge in [0.1, 0.15) is 5.78 Å². The molecular weight excluding hydrogens is 262 g/mol. The summed E-state index contributed by atoms with van der Waals surface area (Å²) < 4.78 is 2.06. The van der Waals surface area contributed by atoms with Crippen molar-refractivity contribution in [3.8, 4) is 0 Å². The number of hydrogen-bond donors (Lipinski definition) is 1. The van der Waals surface area contributed by atoms with E-state index in [1.54, 1.807) is 0 Å². The number of carbonyl (C=O) groups excluding carboxylic acids is 1. The Labute approximate surface area is 127 Å². The highest BCUT2D eigenvalue weighted by molar-refractivity contribution is 5.81. The molecule has 1 aromatic heterocycles. The molecule has 116 valence electrons. The molecule has 0 amide bonds. The van der Waals surface area contributed by atoms with Crippen LogP contribution in [-0.4, -0.2) is 21.1 Å². The Morgan fingerprint density at radius 2 is 1.95 bits per heavy atom. The molecule has 0 radical (unpaired) electrons. The minimum Gasteiger partial charge on any atom is -0.325 e. The van der Waals surface area contributed by atoms with Crippen molar-refractivity contribution in [3.05, 3.63) is 18.0 Å². The van der Waals surface area contributed by atoms with Crippen LogP contribution in [0.15, 0.2) is 12.3 Å². The second kappa shape index (κ2) is 6.30. The van der Waals surface area contributed by atoms with Crippen LogP contribution < -0.4 is 5.73 Å². The molecule has 2 aliphatic carbocycles. The standard InChI is InChI=1S/C17H27N3O/c18-17(9-4-1-5-10-17)13-16(21)12-14-8-11-20(19-14)15-6-2-3-7-15/h8,11,15H,1-7,9-10,12-13,18H2. The van der Waals surface area contributed by atoms with E-state index in [0.29, 0.717) is 18.9 Å². The molecule has 1 heterocycles. The van der Waals surface area contributed by atoms with E-state index < -0.39 is 0 Å². The summed E-state index contributed by atoms with van der Waals surface area (Å²) in [6.45, 7) is 0. The fraction of sp³-hybridized carbons (Fsp3) is 0.765. The number of hydrogen-bond acceptors (Lipinski definition) is 3. The largest absolute Gasteiger partial charge is 0.325 e. The summed E-state index contributed by atoms with van der Waals surface area (Å²) in [5.41, 5.74) is 7.03. The van der Waals surface area contributed by atoms with Crippen LogP contribution in [0.3, 0.4) is 0 Å². The number of Topliss-reactive ketones (excluding diaryl/α,β-unsaturated/α-hetero) is 1. The van der Waals surface area contributed by atoms with E-state index in [9.17, 15) is 4.79 Å². The maximum absolute atomic E-state index is 12.3. The Morgan fingerprint density at radius 1 is 1.24 bits per heavy atom. The van der Waals surface area contributed by atoms with Crippen molar-refractivity contribution in [2.24, 2.45) is 5.73 Å². The van der Waals surface area contributed by atoms with Gasteiger partial charge in [-0.1, -0.05) is 32.1 Å². The summed E-state index contributed by atoms with van der Waals surface area (Å²) in [5, 5.41) is 4.60. The van der Waals surface area contributed by atoms with E-state index >= 15 is 0 Å². The first kappa shape index (κ1) is 14.8. The molecule has 1 aromatic rings. The van der Waals surface area contributed by atoms with Crippen molar-refractivity contribution in [1.29, 1.82) is 0 Å². The van der Waals surface area contributed by atoms with Crippen LogP contribution in [-0.2, 0) is 11.2 Å². The molecule has 3 rings (SSSR count). The van der Waals surface area contributed by atoms with Gasteiger partial charge in [-0.2, -0.15) is 5.10 Å². The third-order valence-corrected chi connectivity index (χ3v) is 5.14. The molecule has 0 aromatic carbocycles. The van der Waals surface area contributed by atoms with Crippen LogP contribution in [0, 0.1) is 0 Å². The minimum absolute atomic E-state index is 0.246. The van der Waals surface area contributed by atoms with Gasteiger partial charge in [0.25, 0.3) is 0 Å². The first-order chi connectivity index (χ1) is 10.1. The summed E-state index contributed by atoms with van der Waals surface area (Å²) in [6, 6.07) is 2.55. The molecule has 2 aliphatic rings. The van der Waals surface area contributed by atoms with Gasteiger partial charge in [0.2, 0.25) is 0 Å². The summed E-state index contributed by atoms with van der Waals surface area (Å²) in [4.78, 5) is 12.3. The summed E-state index contributed by atoms with van der Waals surface area (Å²) in [5.74, 6) is 0.246. The van der Waals surface area contributed by atoms with Crippen LogP contribution in [0.1, 0.15) is 75.9 Å². The van der Waals surface area contributed by atoms with E-state index in [2.05, 4.69) is 9.78 Å². The molecular formula is C17H27N3O. The van der Waals surface area contributed by atoms with Crippen LogP contribution in [0.25, 0.3) is 0 Å². The molecule has 0 spiro atoms. The van der Waals surface area contributed by atoms with E-state index in [-0.39, 0.29) is 11.3 Å². The summed E-state index contributed by atoms with van der Waals surface area (Å²) in [7, 11) is 0. The average molecular weight is 289 g/mol. The van der Waals surface area contributed by atoms with Gasteiger partial charge in [0, 0.05) is 18.2 Å². The summed E-state index contributed by atoms with van der Waals surface area (Å²) >= 11 is 0. The quantitative estimate of drug-likeness (QED) is 0.905. The molecule has 0 bridgehead atoms. The molecule has 4 heteroatoms. The molecule has 4 nitrogen and oxygen atoms in total. The molecule has 0 unspecified atom stereocenters. The van der Waals surface area contributed by atoms with Crippen LogP contribution >= 0.6 is 0 Å². The highest BCUT2D eigenvalue weighted by Gasteiger charge is 2.30. The minimum atomic E-state index is -0.247. The molecule has 2 fully saturated rings. The third kappa shape index (κ3) is 3.73. The number of carbonyl (C=O) groups is 1. The van der Waals surface area contributed by atoms with Crippen molar-refractivity contribution in [1.82, 2.24) is 9.78 Å². The SMILES string of the molecule is NC1(CC(=O)Cc2ccn(C3CCCC3)n2)CCCCC1. The first-order valence-electron chi connectivity index (χ1n) is 8.49. The Kier molecular flexibility index (Phi) is 4.43. The number of rotatable bonds is 5. The molecule has 2 N–H and O–H groups in total. The smallest absolute Gasteiger partial charge is 0.140 e. The second-order valence-corrected chi connectivity index (χ2v) is 7.04. The van der Waals surface area contributed by atoms with Gasteiger partial charge in [-0.3, -0.25) is 9.48 Å². The van der Waals surface area contributed by atoms with Gasteiger partial charge in [-0.15, -0.1) is 0 Å². The monoisotopic (exact) mass is 289 g/mol. The lowest BCUT2D eigenvalue weighted by atomic mass is 9.79. The maximum Gasteiger partial charge on any atom is 0.140 e. The maximum atomic E-state index is 12.3. The van der Waals surface area contributed by atoms with Crippen LogP contribution in [0.5, 0.6) is 0 Å². The molecule has 0 aliphatic heterocycles. The van der Waals surface area contributed by atoms with E-state index in [1.165, 1.54) is 44.9 Å². The fourth-order valence-corrected chi connectivity index (χ4v) is 3.93. The van der Waals surface area contributed by atoms with Crippen molar-refractivity contribution in [2.45, 2.75) is 82.2 Å². The van der Waals surface area contributed by atoms with Gasteiger partial charge in [0.15, 0.2) is 0 Å². The Bertz CT molecular complexity index is 482. The average Bonchev–Trinajstić information content (AvgIpc) is 3.08. The number of ketones is 1. The van der Waals surface area contributed by atoms with Gasteiger partial charge in [-0.05, 0) is 31.7 Å². The number of nitrogens with two attached hydrogens (primary N) is 1. The van der Waals surface area contributed by atoms with E-state index in [0.717, 1.165) is 18.5 Å².